The minimum Gasteiger partial charge on any atom is -0.478 e. The maximum Gasteiger partial charge on any atom is 0.336 e. The number of rotatable bonds is 5. The number of aliphatic hydroxyl groups excluding tert-OH is 1. The summed E-state index contributed by atoms with van der Waals surface area (Å²) in [6, 6.07) is 4.07. The molecule has 0 aliphatic heterocycles. The Balaban J connectivity index is 3.37. The molecule has 1 rings (SSSR count). The SMILES string of the molecule is CC(=O)Nc1ccc(C(=O)O)c(C(C(C)O)N(C)C)c1. The van der Waals surface area contributed by atoms with Gasteiger partial charge in [-0.1, -0.05) is 0 Å². The van der Waals surface area contributed by atoms with Crippen LogP contribution in [0.4, 0.5) is 5.69 Å². The number of aromatic carboxylic acids is 1. The third-order valence-electron chi connectivity index (χ3n) is 2.93. The molecular formula is C14H20N2O4. The lowest BCUT2D eigenvalue weighted by Crippen LogP contribution is -2.30. The summed E-state index contributed by atoms with van der Waals surface area (Å²) in [5.41, 5.74) is 1.08. The Labute approximate surface area is 118 Å². The van der Waals surface area contributed by atoms with Gasteiger partial charge in [-0.2, -0.15) is 0 Å². The number of aliphatic hydroxyl groups is 1. The summed E-state index contributed by atoms with van der Waals surface area (Å²) in [5.74, 6) is -1.31. The molecule has 1 amide bonds. The van der Waals surface area contributed by atoms with Crippen LogP contribution in [-0.2, 0) is 4.79 Å². The number of amides is 1. The largest absolute Gasteiger partial charge is 0.478 e. The highest BCUT2D eigenvalue weighted by molar-refractivity contribution is 5.92. The van der Waals surface area contributed by atoms with Gasteiger partial charge in [-0.25, -0.2) is 4.79 Å². The van der Waals surface area contributed by atoms with Crippen molar-refractivity contribution in [1.29, 1.82) is 0 Å². The first-order chi connectivity index (χ1) is 9.23. The molecule has 0 aliphatic carbocycles. The molecule has 1 aromatic carbocycles. The van der Waals surface area contributed by atoms with Gasteiger partial charge in [0.2, 0.25) is 5.91 Å². The second-order valence-corrected chi connectivity index (χ2v) is 4.94. The Hall–Kier alpha value is -1.92. The van der Waals surface area contributed by atoms with E-state index in [9.17, 15) is 19.8 Å². The molecule has 0 fully saturated rings. The molecule has 1 aromatic rings. The molecule has 6 heteroatoms. The monoisotopic (exact) mass is 280 g/mol. The van der Waals surface area contributed by atoms with E-state index in [4.69, 9.17) is 0 Å². The van der Waals surface area contributed by atoms with Gasteiger partial charge >= 0.3 is 5.97 Å². The van der Waals surface area contributed by atoms with Gasteiger partial charge in [0.25, 0.3) is 0 Å². The molecule has 3 N–H and O–H groups in total. The first-order valence-electron chi connectivity index (χ1n) is 6.23. The van der Waals surface area contributed by atoms with Crippen LogP contribution < -0.4 is 5.32 Å². The van der Waals surface area contributed by atoms with Crippen LogP contribution >= 0.6 is 0 Å². The first-order valence-corrected chi connectivity index (χ1v) is 6.23. The van der Waals surface area contributed by atoms with Crippen molar-refractivity contribution in [3.8, 4) is 0 Å². The average Bonchev–Trinajstić information content (AvgIpc) is 2.26. The Kier molecular flexibility index (Phi) is 5.24. The maximum atomic E-state index is 11.3. The molecule has 0 aromatic heterocycles. The molecule has 0 saturated heterocycles. The number of carboxylic acids is 1. The molecule has 0 heterocycles. The lowest BCUT2D eigenvalue weighted by molar-refractivity contribution is -0.114. The van der Waals surface area contributed by atoms with Crippen LogP contribution in [0.1, 0.15) is 35.8 Å². The van der Waals surface area contributed by atoms with Gasteiger partial charge in [0.05, 0.1) is 17.7 Å². The van der Waals surface area contributed by atoms with E-state index < -0.39 is 18.1 Å². The number of benzene rings is 1. The molecule has 0 aliphatic rings. The minimum atomic E-state index is -1.07. The van der Waals surface area contributed by atoms with Gasteiger partial charge < -0.3 is 20.4 Å². The highest BCUT2D eigenvalue weighted by Crippen LogP contribution is 2.28. The number of nitrogens with one attached hydrogen (secondary N) is 1. The second kappa shape index (κ2) is 6.49. The Morgan fingerprint density at radius 2 is 1.90 bits per heavy atom. The van der Waals surface area contributed by atoms with Crippen molar-refractivity contribution in [2.24, 2.45) is 0 Å². The molecule has 0 radical (unpaired) electrons. The van der Waals surface area contributed by atoms with Crippen LogP contribution in [-0.4, -0.2) is 47.2 Å². The van der Waals surface area contributed by atoms with Crippen molar-refractivity contribution in [2.45, 2.75) is 26.0 Å². The third-order valence-corrected chi connectivity index (χ3v) is 2.93. The molecule has 0 bridgehead atoms. The van der Waals surface area contributed by atoms with E-state index in [1.165, 1.54) is 19.1 Å². The van der Waals surface area contributed by atoms with Crippen molar-refractivity contribution in [1.82, 2.24) is 4.90 Å². The van der Waals surface area contributed by atoms with Crippen molar-refractivity contribution in [3.63, 3.8) is 0 Å². The predicted molar refractivity (Wildman–Crippen MR) is 75.8 cm³/mol. The molecule has 0 saturated carbocycles. The van der Waals surface area contributed by atoms with Crippen LogP contribution in [0, 0.1) is 0 Å². The maximum absolute atomic E-state index is 11.3. The minimum absolute atomic E-state index is 0.110. The van der Waals surface area contributed by atoms with E-state index in [1.54, 1.807) is 32.0 Å². The molecule has 2 atom stereocenters. The lowest BCUT2D eigenvalue weighted by Gasteiger charge is -2.29. The highest BCUT2D eigenvalue weighted by Gasteiger charge is 2.25. The first kappa shape index (κ1) is 16.1. The fraction of sp³-hybridized carbons (Fsp3) is 0.429. The van der Waals surface area contributed by atoms with E-state index >= 15 is 0 Å². The number of carbonyl (C=O) groups is 2. The topological polar surface area (TPSA) is 89.9 Å². The predicted octanol–water partition coefficient (Wildman–Crippen LogP) is 1.33. The Morgan fingerprint density at radius 3 is 2.30 bits per heavy atom. The molecule has 110 valence electrons. The summed E-state index contributed by atoms with van der Waals surface area (Å²) in [5, 5.41) is 21.8. The van der Waals surface area contributed by atoms with Crippen molar-refractivity contribution >= 4 is 17.6 Å². The fourth-order valence-corrected chi connectivity index (χ4v) is 2.25. The third kappa shape index (κ3) is 3.79. The number of hydrogen-bond donors (Lipinski definition) is 3. The van der Waals surface area contributed by atoms with Gasteiger partial charge in [0.1, 0.15) is 0 Å². The van der Waals surface area contributed by atoms with Crippen molar-refractivity contribution in [3.05, 3.63) is 29.3 Å². The van der Waals surface area contributed by atoms with E-state index in [0.29, 0.717) is 11.3 Å². The van der Waals surface area contributed by atoms with Gasteiger partial charge in [-0.05, 0) is 44.8 Å². The van der Waals surface area contributed by atoms with E-state index in [1.807, 2.05) is 0 Å². The summed E-state index contributed by atoms with van der Waals surface area (Å²) in [4.78, 5) is 24.2. The molecule has 0 spiro atoms. The van der Waals surface area contributed by atoms with Crippen LogP contribution in [0.5, 0.6) is 0 Å². The van der Waals surface area contributed by atoms with E-state index in [0.717, 1.165) is 0 Å². The number of anilines is 1. The summed E-state index contributed by atoms with van der Waals surface area (Å²) < 4.78 is 0. The summed E-state index contributed by atoms with van der Waals surface area (Å²) in [7, 11) is 3.52. The normalized spacial score (nSPS) is 13.9. The van der Waals surface area contributed by atoms with Crippen LogP contribution in [0.15, 0.2) is 18.2 Å². The van der Waals surface area contributed by atoms with Crippen LogP contribution in [0.3, 0.4) is 0 Å². The standard InChI is InChI=1S/C14H20N2O4/c1-8(17)13(16(3)4)12-7-10(15-9(2)18)5-6-11(12)14(19)20/h5-8,13,17H,1-4H3,(H,15,18)(H,19,20). The molecule has 2 unspecified atom stereocenters. The van der Waals surface area contributed by atoms with E-state index in [2.05, 4.69) is 5.32 Å². The average molecular weight is 280 g/mol. The van der Waals surface area contributed by atoms with Gasteiger partial charge in [-0.3, -0.25) is 4.79 Å². The summed E-state index contributed by atoms with van der Waals surface area (Å²) in [6.45, 7) is 2.98. The fourth-order valence-electron chi connectivity index (χ4n) is 2.25. The number of hydrogen-bond acceptors (Lipinski definition) is 4. The quantitative estimate of drug-likeness (QED) is 0.757. The lowest BCUT2D eigenvalue weighted by atomic mass is 9.95. The number of likely N-dealkylation sites (N-methyl/N-ethyl adjacent to an activating group) is 1. The molecule has 20 heavy (non-hydrogen) atoms. The highest BCUT2D eigenvalue weighted by atomic mass is 16.4. The number of carboxylic acid groups (broad SMARTS) is 1. The molecular weight excluding hydrogens is 260 g/mol. The van der Waals surface area contributed by atoms with E-state index in [-0.39, 0.29) is 11.5 Å². The van der Waals surface area contributed by atoms with Gasteiger partial charge in [0, 0.05) is 12.6 Å². The second-order valence-electron chi connectivity index (χ2n) is 4.94. The smallest absolute Gasteiger partial charge is 0.336 e. The number of nitrogens with zero attached hydrogens (tertiary/aromatic N) is 1. The zero-order valence-electron chi connectivity index (χ0n) is 12.0. The van der Waals surface area contributed by atoms with Gasteiger partial charge in [-0.15, -0.1) is 0 Å². The zero-order valence-corrected chi connectivity index (χ0v) is 12.0. The number of carbonyl (C=O) groups excluding carboxylic acids is 1. The zero-order chi connectivity index (χ0) is 15.4. The summed E-state index contributed by atoms with van der Waals surface area (Å²) in [6.07, 6.45) is -0.754. The summed E-state index contributed by atoms with van der Waals surface area (Å²) >= 11 is 0. The van der Waals surface area contributed by atoms with Crippen molar-refractivity contribution in [2.75, 3.05) is 19.4 Å². The van der Waals surface area contributed by atoms with Gasteiger partial charge in [0.15, 0.2) is 0 Å². The Bertz CT molecular complexity index is 504. The Morgan fingerprint density at radius 1 is 1.30 bits per heavy atom. The van der Waals surface area contributed by atoms with Crippen LogP contribution in [0.25, 0.3) is 0 Å². The molecule has 6 nitrogen and oxygen atoms in total. The van der Waals surface area contributed by atoms with Crippen LogP contribution in [0.2, 0.25) is 0 Å². The van der Waals surface area contributed by atoms with Crippen molar-refractivity contribution < 1.29 is 19.8 Å².